The molecule has 21 heavy (non-hydrogen) atoms. The first-order chi connectivity index (χ1) is 10.0. The molecule has 0 spiro atoms. The number of carbonyl (C=O) groups excluding carboxylic acids is 1. The number of aromatic nitrogens is 1. The molecule has 114 valence electrons. The maximum Gasteiger partial charge on any atom is 0.255 e. The maximum atomic E-state index is 12.4. The molecule has 2 aliphatic rings. The van der Waals surface area contributed by atoms with Gasteiger partial charge >= 0.3 is 0 Å². The fourth-order valence-electron chi connectivity index (χ4n) is 3.63. The average molecular weight is 353 g/mol. The summed E-state index contributed by atoms with van der Waals surface area (Å²) in [5.41, 5.74) is 6.26. The zero-order chi connectivity index (χ0) is 15.0. The zero-order valence-corrected chi connectivity index (χ0v) is 13.8. The highest BCUT2D eigenvalue weighted by atomic mass is 79.9. The lowest BCUT2D eigenvalue weighted by Gasteiger charge is -2.47. The highest BCUT2D eigenvalue weighted by molar-refractivity contribution is 9.10. The summed E-state index contributed by atoms with van der Waals surface area (Å²) in [7, 11) is 2.21. The van der Waals surface area contributed by atoms with E-state index >= 15 is 0 Å². The molecule has 1 aromatic rings. The number of fused-ring (bicyclic) bond motifs is 2. The van der Waals surface area contributed by atoms with Gasteiger partial charge in [-0.2, -0.15) is 0 Å². The summed E-state index contributed by atoms with van der Waals surface area (Å²) in [4.78, 5) is 18.9. The van der Waals surface area contributed by atoms with E-state index in [1.807, 2.05) is 0 Å². The first kappa shape index (κ1) is 14.8. The van der Waals surface area contributed by atoms with Crippen molar-refractivity contribution in [3.63, 3.8) is 0 Å². The van der Waals surface area contributed by atoms with Gasteiger partial charge in [-0.15, -0.1) is 0 Å². The monoisotopic (exact) mass is 352 g/mol. The van der Waals surface area contributed by atoms with Gasteiger partial charge in [0, 0.05) is 28.8 Å². The second-order valence-electron chi connectivity index (χ2n) is 6.13. The quantitative estimate of drug-likeness (QED) is 0.855. The third-order valence-corrected chi connectivity index (χ3v) is 5.24. The molecule has 0 saturated carbocycles. The normalized spacial score (nSPS) is 29.1. The molecule has 0 radical (unpaired) electrons. The van der Waals surface area contributed by atoms with Crippen LogP contribution in [0, 0.1) is 0 Å². The minimum absolute atomic E-state index is 0.117. The molecule has 2 bridgehead atoms. The predicted molar refractivity (Wildman–Crippen MR) is 86.0 cm³/mol. The van der Waals surface area contributed by atoms with E-state index in [1.54, 1.807) is 12.3 Å². The Kier molecular flexibility index (Phi) is 4.17. The molecular formula is C15H21BrN4O. The Morgan fingerprint density at radius 1 is 1.43 bits per heavy atom. The Labute approximate surface area is 133 Å². The lowest BCUT2D eigenvalue weighted by Crippen LogP contribution is -2.55. The Balaban J connectivity index is 1.69. The van der Waals surface area contributed by atoms with Crippen molar-refractivity contribution < 1.29 is 4.79 Å². The molecule has 0 aromatic carbocycles. The molecule has 2 unspecified atom stereocenters. The van der Waals surface area contributed by atoms with E-state index in [2.05, 4.69) is 38.2 Å². The molecule has 0 aliphatic carbocycles. The predicted octanol–water partition coefficient (Wildman–Crippen LogP) is 2.17. The van der Waals surface area contributed by atoms with Crippen LogP contribution in [0.4, 0.5) is 5.82 Å². The summed E-state index contributed by atoms with van der Waals surface area (Å²) in [6.07, 6.45) is 7.44. The summed E-state index contributed by atoms with van der Waals surface area (Å²) < 4.78 is 0.766. The number of nitrogens with zero attached hydrogens (tertiary/aromatic N) is 2. The highest BCUT2D eigenvalue weighted by Gasteiger charge is 2.36. The third kappa shape index (κ3) is 3.06. The molecule has 1 amide bonds. The molecule has 6 heteroatoms. The third-order valence-electron chi connectivity index (χ3n) is 4.80. The molecular weight excluding hydrogens is 332 g/mol. The summed E-state index contributed by atoms with van der Waals surface area (Å²) >= 11 is 3.33. The fraction of sp³-hybridized carbons (Fsp3) is 0.600. The van der Waals surface area contributed by atoms with Crippen molar-refractivity contribution in [3.05, 3.63) is 22.3 Å². The van der Waals surface area contributed by atoms with Crippen molar-refractivity contribution in [1.82, 2.24) is 15.2 Å². The molecule has 2 atom stereocenters. The average Bonchev–Trinajstić information content (AvgIpc) is 2.42. The van der Waals surface area contributed by atoms with Crippen LogP contribution in [-0.4, -0.2) is 41.0 Å². The molecule has 5 nitrogen and oxygen atoms in total. The minimum atomic E-state index is -0.117. The van der Waals surface area contributed by atoms with Crippen LogP contribution in [-0.2, 0) is 0 Å². The van der Waals surface area contributed by atoms with Gasteiger partial charge in [0.2, 0.25) is 0 Å². The maximum absolute atomic E-state index is 12.4. The first-order valence-electron chi connectivity index (χ1n) is 7.48. The Morgan fingerprint density at radius 3 is 2.76 bits per heavy atom. The van der Waals surface area contributed by atoms with Gasteiger partial charge in [0.05, 0.1) is 5.56 Å². The van der Waals surface area contributed by atoms with Crippen LogP contribution in [0.1, 0.15) is 42.5 Å². The van der Waals surface area contributed by atoms with Gasteiger partial charge in [-0.05, 0) is 54.7 Å². The molecule has 1 aromatic heterocycles. The lowest BCUT2D eigenvalue weighted by atomic mass is 9.82. The van der Waals surface area contributed by atoms with Crippen LogP contribution in [0.15, 0.2) is 16.7 Å². The number of hydrogen-bond acceptors (Lipinski definition) is 4. The Morgan fingerprint density at radius 2 is 2.10 bits per heavy atom. The van der Waals surface area contributed by atoms with Crippen molar-refractivity contribution in [3.8, 4) is 0 Å². The molecule has 2 saturated heterocycles. The number of hydrogen-bond donors (Lipinski definition) is 2. The van der Waals surface area contributed by atoms with E-state index in [0.29, 0.717) is 17.6 Å². The summed E-state index contributed by atoms with van der Waals surface area (Å²) in [5.74, 6) is 0.165. The number of pyridine rings is 1. The van der Waals surface area contributed by atoms with Gasteiger partial charge in [0.1, 0.15) is 5.82 Å². The number of amides is 1. The number of piperidine rings is 2. The second-order valence-corrected chi connectivity index (χ2v) is 7.05. The zero-order valence-electron chi connectivity index (χ0n) is 12.2. The van der Waals surface area contributed by atoms with Gasteiger partial charge < -0.3 is 16.0 Å². The number of anilines is 1. The number of nitrogens with two attached hydrogens (primary N) is 1. The van der Waals surface area contributed by atoms with Gasteiger partial charge in [-0.3, -0.25) is 4.79 Å². The Bertz CT molecular complexity index is 536. The summed E-state index contributed by atoms with van der Waals surface area (Å²) in [6.45, 7) is 0. The topological polar surface area (TPSA) is 71.2 Å². The van der Waals surface area contributed by atoms with Crippen LogP contribution in [0.3, 0.4) is 0 Å². The summed E-state index contributed by atoms with van der Waals surface area (Å²) in [5, 5.41) is 3.15. The second kappa shape index (κ2) is 5.93. The smallest absolute Gasteiger partial charge is 0.255 e. The van der Waals surface area contributed by atoms with Crippen LogP contribution in [0.2, 0.25) is 0 Å². The highest BCUT2D eigenvalue weighted by Crippen LogP contribution is 2.32. The summed E-state index contributed by atoms with van der Waals surface area (Å²) in [6, 6.07) is 3.16. The SMILES string of the molecule is CN1C2CCCC1CC(NC(=O)c1cc(Br)cnc1N)C2. The van der Waals surface area contributed by atoms with E-state index in [4.69, 9.17) is 5.73 Å². The van der Waals surface area contributed by atoms with E-state index in [9.17, 15) is 4.79 Å². The van der Waals surface area contributed by atoms with E-state index < -0.39 is 0 Å². The number of halogens is 1. The van der Waals surface area contributed by atoms with Crippen LogP contribution in [0.5, 0.6) is 0 Å². The van der Waals surface area contributed by atoms with Gasteiger partial charge in [0.15, 0.2) is 0 Å². The van der Waals surface area contributed by atoms with Gasteiger partial charge in [-0.1, -0.05) is 6.42 Å². The van der Waals surface area contributed by atoms with Crippen molar-refractivity contribution >= 4 is 27.7 Å². The van der Waals surface area contributed by atoms with Crippen molar-refractivity contribution in [2.45, 2.75) is 50.2 Å². The fourth-order valence-corrected chi connectivity index (χ4v) is 3.96. The van der Waals surface area contributed by atoms with Crippen molar-refractivity contribution in [2.24, 2.45) is 0 Å². The van der Waals surface area contributed by atoms with E-state index in [1.165, 1.54) is 19.3 Å². The number of rotatable bonds is 2. The number of nitrogens with one attached hydrogen (secondary N) is 1. The molecule has 2 fully saturated rings. The minimum Gasteiger partial charge on any atom is -0.383 e. The Hall–Kier alpha value is -1.14. The first-order valence-corrected chi connectivity index (χ1v) is 8.27. The lowest BCUT2D eigenvalue weighted by molar-refractivity contribution is 0.0463. The van der Waals surface area contributed by atoms with Crippen molar-refractivity contribution in [2.75, 3.05) is 12.8 Å². The molecule has 3 rings (SSSR count). The molecule has 2 aliphatic heterocycles. The molecule has 3 heterocycles. The molecule has 3 N–H and O–H groups in total. The van der Waals surface area contributed by atoms with Gasteiger partial charge in [-0.25, -0.2) is 4.98 Å². The van der Waals surface area contributed by atoms with Crippen LogP contribution < -0.4 is 11.1 Å². The number of carbonyl (C=O) groups is 1. The number of nitrogen functional groups attached to an aromatic ring is 1. The standard InChI is InChI=1S/C15H21BrN4O/c1-20-11-3-2-4-12(20)7-10(6-11)19-15(21)13-5-9(16)8-18-14(13)17/h5,8,10-12H,2-4,6-7H2,1H3,(H2,17,18)(H,19,21). The van der Waals surface area contributed by atoms with Crippen LogP contribution in [0.25, 0.3) is 0 Å². The largest absolute Gasteiger partial charge is 0.383 e. The van der Waals surface area contributed by atoms with E-state index in [-0.39, 0.29) is 17.8 Å². The van der Waals surface area contributed by atoms with Crippen molar-refractivity contribution in [1.29, 1.82) is 0 Å². The van der Waals surface area contributed by atoms with Gasteiger partial charge in [0.25, 0.3) is 5.91 Å². The van der Waals surface area contributed by atoms with Crippen LogP contribution >= 0.6 is 15.9 Å². The van der Waals surface area contributed by atoms with E-state index in [0.717, 1.165) is 17.3 Å².